The number of amides is 1. The Hall–Kier alpha value is -0.940. The zero-order valence-electron chi connectivity index (χ0n) is 12.5. The Morgan fingerprint density at radius 3 is 2.68 bits per heavy atom. The summed E-state index contributed by atoms with van der Waals surface area (Å²) in [7, 11) is 0. The highest BCUT2D eigenvalue weighted by atomic mass is 32.1. The van der Waals surface area contributed by atoms with E-state index in [1.54, 1.807) is 17.5 Å². The molecule has 1 rings (SSSR count). The minimum absolute atomic E-state index is 0.0468. The summed E-state index contributed by atoms with van der Waals surface area (Å²) in [6.45, 7) is 10.1. The summed E-state index contributed by atoms with van der Waals surface area (Å²) in [6, 6.07) is -0.0112. The van der Waals surface area contributed by atoms with E-state index in [2.05, 4.69) is 22.5 Å². The molecule has 2 unspecified atom stereocenters. The number of nitrogens with zero attached hydrogens (tertiary/aromatic N) is 1. The van der Waals surface area contributed by atoms with Gasteiger partial charge in [-0.15, -0.1) is 11.3 Å². The number of hydrogen-bond acceptors (Lipinski definition) is 4. The summed E-state index contributed by atoms with van der Waals surface area (Å²) in [4.78, 5) is 16.4. The molecule has 1 aromatic heterocycles. The van der Waals surface area contributed by atoms with Crippen LogP contribution in [0.5, 0.6) is 0 Å². The van der Waals surface area contributed by atoms with Crippen molar-refractivity contribution in [3.8, 4) is 0 Å². The van der Waals surface area contributed by atoms with Gasteiger partial charge in [-0.1, -0.05) is 13.3 Å². The van der Waals surface area contributed by atoms with Crippen LogP contribution in [-0.4, -0.2) is 23.0 Å². The fraction of sp³-hybridized carbons (Fsp3) is 0.714. The topological polar surface area (TPSA) is 54.0 Å². The molecule has 0 aromatic carbocycles. The molecule has 19 heavy (non-hydrogen) atoms. The largest absolute Gasteiger partial charge is 0.352 e. The van der Waals surface area contributed by atoms with Crippen LogP contribution >= 0.6 is 11.3 Å². The first-order chi connectivity index (χ1) is 8.86. The lowest BCUT2D eigenvalue weighted by Gasteiger charge is -2.28. The van der Waals surface area contributed by atoms with Crippen molar-refractivity contribution < 1.29 is 4.79 Å². The van der Waals surface area contributed by atoms with Crippen molar-refractivity contribution in [1.82, 2.24) is 15.6 Å². The molecule has 1 heterocycles. The second-order valence-electron chi connectivity index (χ2n) is 5.53. The van der Waals surface area contributed by atoms with Crippen molar-refractivity contribution >= 4 is 17.2 Å². The van der Waals surface area contributed by atoms with E-state index in [1.165, 1.54) is 0 Å². The van der Waals surface area contributed by atoms with Gasteiger partial charge >= 0.3 is 0 Å². The van der Waals surface area contributed by atoms with Gasteiger partial charge in [0, 0.05) is 17.6 Å². The molecule has 2 N–H and O–H groups in total. The number of carbonyl (C=O) groups excluding carboxylic acids is 1. The van der Waals surface area contributed by atoms with Crippen LogP contribution in [0, 0.1) is 0 Å². The Balaban J connectivity index is 2.54. The summed E-state index contributed by atoms with van der Waals surface area (Å²) in [5, 5.41) is 9.32. The molecule has 0 saturated heterocycles. The predicted octanol–water partition coefficient (Wildman–Crippen LogP) is 2.66. The Labute approximate surface area is 120 Å². The van der Waals surface area contributed by atoms with Crippen molar-refractivity contribution in [2.75, 3.05) is 0 Å². The van der Waals surface area contributed by atoms with Crippen LogP contribution < -0.4 is 10.6 Å². The summed E-state index contributed by atoms with van der Waals surface area (Å²) in [5.41, 5.74) is -0.293. The second-order valence-corrected chi connectivity index (χ2v) is 6.42. The second kappa shape index (κ2) is 7.01. The van der Waals surface area contributed by atoms with Crippen LogP contribution in [0.1, 0.15) is 52.5 Å². The van der Waals surface area contributed by atoms with E-state index in [-0.39, 0.29) is 23.5 Å². The molecule has 0 spiro atoms. The van der Waals surface area contributed by atoms with Gasteiger partial charge in [0.25, 0.3) is 0 Å². The quantitative estimate of drug-likeness (QED) is 0.809. The van der Waals surface area contributed by atoms with E-state index in [1.807, 2.05) is 33.1 Å². The van der Waals surface area contributed by atoms with Gasteiger partial charge in [-0.2, -0.15) is 0 Å². The first-order valence-electron chi connectivity index (χ1n) is 6.85. The smallest absolute Gasteiger partial charge is 0.237 e. The van der Waals surface area contributed by atoms with Gasteiger partial charge in [0.1, 0.15) is 5.01 Å². The maximum absolute atomic E-state index is 12.1. The van der Waals surface area contributed by atoms with Gasteiger partial charge in [-0.3, -0.25) is 10.1 Å². The van der Waals surface area contributed by atoms with Crippen molar-refractivity contribution in [3.05, 3.63) is 16.6 Å². The molecular weight excluding hydrogens is 258 g/mol. The maximum Gasteiger partial charge on any atom is 0.237 e. The monoisotopic (exact) mass is 283 g/mol. The highest BCUT2D eigenvalue weighted by Gasteiger charge is 2.27. The van der Waals surface area contributed by atoms with Crippen LogP contribution in [0.25, 0.3) is 0 Å². The molecule has 0 fully saturated rings. The van der Waals surface area contributed by atoms with Crippen molar-refractivity contribution in [3.63, 3.8) is 0 Å². The molecule has 0 aliphatic rings. The van der Waals surface area contributed by atoms with E-state index in [0.717, 1.165) is 17.8 Å². The lowest BCUT2D eigenvalue weighted by atomic mass is 10.0. The SMILES string of the molecule is CCCC(C)NC(=O)C(C)NC(C)(C)c1nccs1. The summed E-state index contributed by atoms with van der Waals surface area (Å²) < 4.78 is 0. The average molecular weight is 283 g/mol. The fourth-order valence-corrected chi connectivity index (χ4v) is 2.80. The lowest BCUT2D eigenvalue weighted by molar-refractivity contribution is -0.123. The van der Waals surface area contributed by atoms with E-state index >= 15 is 0 Å². The Morgan fingerprint density at radius 1 is 1.47 bits per heavy atom. The van der Waals surface area contributed by atoms with Crippen molar-refractivity contribution in [2.45, 2.75) is 65.1 Å². The van der Waals surface area contributed by atoms with Crippen LogP contribution in [0.2, 0.25) is 0 Å². The fourth-order valence-electron chi connectivity index (χ4n) is 2.07. The van der Waals surface area contributed by atoms with E-state index in [4.69, 9.17) is 0 Å². The zero-order chi connectivity index (χ0) is 14.5. The molecule has 0 bridgehead atoms. The molecular formula is C14H25N3OS. The predicted molar refractivity (Wildman–Crippen MR) is 80.3 cm³/mol. The number of rotatable bonds is 7. The number of hydrogen-bond donors (Lipinski definition) is 2. The maximum atomic E-state index is 12.1. The molecule has 0 aliphatic carbocycles. The van der Waals surface area contributed by atoms with Gasteiger partial charge in [0.05, 0.1) is 11.6 Å². The van der Waals surface area contributed by atoms with E-state index in [9.17, 15) is 4.79 Å². The zero-order valence-corrected chi connectivity index (χ0v) is 13.3. The Morgan fingerprint density at radius 2 is 2.16 bits per heavy atom. The third kappa shape index (κ3) is 4.91. The third-order valence-electron chi connectivity index (χ3n) is 3.05. The van der Waals surface area contributed by atoms with Crippen molar-refractivity contribution in [1.29, 1.82) is 0 Å². The normalized spacial score (nSPS) is 15.0. The highest BCUT2D eigenvalue weighted by Crippen LogP contribution is 2.22. The molecule has 108 valence electrons. The third-order valence-corrected chi connectivity index (χ3v) is 4.14. The average Bonchev–Trinajstić information content (AvgIpc) is 2.82. The molecule has 1 amide bonds. The molecule has 1 aromatic rings. The summed E-state index contributed by atoms with van der Waals surface area (Å²) in [5.74, 6) is 0.0468. The van der Waals surface area contributed by atoms with Gasteiger partial charge in [0.2, 0.25) is 5.91 Å². The Kier molecular flexibility index (Phi) is 5.94. The first kappa shape index (κ1) is 16.1. The van der Waals surface area contributed by atoms with Crippen LogP contribution in [0.4, 0.5) is 0 Å². The summed E-state index contributed by atoms with van der Waals surface area (Å²) in [6.07, 6.45) is 3.87. The molecule has 0 radical (unpaired) electrons. The molecule has 4 nitrogen and oxygen atoms in total. The van der Waals surface area contributed by atoms with E-state index < -0.39 is 0 Å². The van der Waals surface area contributed by atoms with Gasteiger partial charge in [-0.25, -0.2) is 4.98 Å². The molecule has 2 atom stereocenters. The minimum Gasteiger partial charge on any atom is -0.352 e. The molecule has 0 saturated carbocycles. The number of carbonyl (C=O) groups is 1. The Bertz CT molecular complexity index is 389. The van der Waals surface area contributed by atoms with Crippen LogP contribution in [0.3, 0.4) is 0 Å². The van der Waals surface area contributed by atoms with Crippen LogP contribution in [0.15, 0.2) is 11.6 Å². The van der Waals surface area contributed by atoms with Crippen LogP contribution in [-0.2, 0) is 10.3 Å². The highest BCUT2D eigenvalue weighted by molar-refractivity contribution is 7.09. The molecule has 0 aliphatic heterocycles. The standard InChI is InChI=1S/C14H25N3OS/c1-6-7-10(2)16-12(18)11(3)17-14(4,5)13-15-8-9-19-13/h8-11,17H,6-7H2,1-5H3,(H,16,18). The number of thiazole rings is 1. The van der Waals surface area contributed by atoms with Gasteiger partial charge < -0.3 is 5.32 Å². The van der Waals surface area contributed by atoms with E-state index in [0.29, 0.717) is 0 Å². The first-order valence-corrected chi connectivity index (χ1v) is 7.72. The lowest BCUT2D eigenvalue weighted by Crippen LogP contribution is -2.51. The number of nitrogens with one attached hydrogen (secondary N) is 2. The van der Waals surface area contributed by atoms with Gasteiger partial charge in [0.15, 0.2) is 0 Å². The van der Waals surface area contributed by atoms with Gasteiger partial charge in [-0.05, 0) is 34.1 Å². The number of aromatic nitrogens is 1. The van der Waals surface area contributed by atoms with Crippen molar-refractivity contribution in [2.24, 2.45) is 0 Å². The summed E-state index contributed by atoms with van der Waals surface area (Å²) >= 11 is 1.60. The molecule has 5 heteroatoms. The minimum atomic E-state index is -0.293.